The van der Waals surface area contributed by atoms with Crippen molar-refractivity contribution in [1.82, 2.24) is 5.32 Å². The van der Waals surface area contributed by atoms with E-state index in [1.165, 1.54) is 6.42 Å². The zero-order valence-corrected chi connectivity index (χ0v) is 25.4. The highest BCUT2D eigenvalue weighted by molar-refractivity contribution is 7.15. The second-order valence-corrected chi connectivity index (χ2v) is 14.2. The van der Waals surface area contributed by atoms with Crippen molar-refractivity contribution >= 4 is 35.0 Å². The van der Waals surface area contributed by atoms with Gasteiger partial charge in [0.1, 0.15) is 11.0 Å². The van der Waals surface area contributed by atoms with Crippen LogP contribution in [0.5, 0.6) is 0 Å². The lowest BCUT2D eigenvalue weighted by molar-refractivity contribution is -0.124. The number of nitrogens with zero attached hydrogens (tertiary/aromatic N) is 1. The first kappa shape index (κ1) is 30.4. The van der Waals surface area contributed by atoms with Gasteiger partial charge in [0.2, 0.25) is 5.91 Å². The lowest BCUT2D eigenvalue weighted by Gasteiger charge is -2.39. The number of rotatable bonds is 6. The summed E-state index contributed by atoms with van der Waals surface area (Å²) in [5, 5.41) is 13.2. The standard InChI is InChI=1S/C32H46N2O5S/c1-21-10-12-22(13-11-21)29(35)34(27-20-26(18-19-32(2,3)4)40-28(27)30(36)37)24-16-14-23(15-17-24)33-31(38)39-25-8-6-5-7-9-25/h20-25H,5-17H2,1-4H3,(H,33,38)(H,36,37)/t21-,22-,23?,24?. The van der Waals surface area contributed by atoms with Gasteiger partial charge >= 0.3 is 12.1 Å². The predicted molar refractivity (Wildman–Crippen MR) is 159 cm³/mol. The van der Waals surface area contributed by atoms with E-state index < -0.39 is 5.97 Å². The topological polar surface area (TPSA) is 95.9 Å². The molecule has 2 N–H and O–H groups in total. The number of nitrogens with one attached hydrogen (secondary N) is 1. The van der Waals surface area contributed by atoms with E-state index in [-0.39, 0.29) is 46.4 Å². The minimum Gasteiger partial charge on any atom is -0.477 e. The second kappa shape index (κ2) is 13.4. The average molecular weight is 571 g/mol. The molecule has 4 rings (SSSR count). The first-order valence-electron chi connectivity index (χ1n) is 15.2. The van der Waals surface area contributed by atoms with Crippen molar-refractivity contribution < 1.29 is 24.2 Å². The molecule has 220 valence electrons. The fourth-order valence-electron chi connectivity index (χ4n) is 6.24. The molecule has 3 saturated carbocycles. The summed E-state index contributed by atoms with van der Waals surface area (Å²) in [6, 6.07) is 1.69. The Morgan fingerprint density at radius 1 is 0.975 bits per heavy atom. The number of anilines is 1. The van der Waals surface area contributed by atoms with E-state index >= 15 is 0 Å². The van der Waals surface area contributed by atoms with Crippen LogP contribution in [0.2, 0.25) is 0 Å². The number of carboxylic acid groups (broad SMARTS) is 1. The van der Waals surface area contributed by atoms with Gasteiger partial charge in [-0.15, -0.1) is 11.3 Å². The predicted octanol–water partition coefficient (Wildman–Crippen LogP) is 7.37. The molecule has 7 nitrogen and oxygen atoms in total. The molecule has 0 aromatic carbocycles. The minimum atomic E-state index is -1.03. The molecule has 3 aliphatic rings. The average Bonchev–Trinajstić information content (AvgIpc) is 3.33. The van der Waals surface area contributed by atoms with E-state index in [9.17, 15) is 19.5 Å². The van der Waals surface area contributed by atoms with Crippen molar-refractivity contribution in [3.05, 3.63) is 15.8 Å². The number of carbonyl (C=O) groups is 3. The number of carbonyl (C=O) groups excluding carboxylic acids is 2. The number of amides is 2. The molecule has 40 heavy (non-hydrogen) atoms. The Morgan fingerprint density at radius 3 is 2.23 bits per heavy atom. The van der Waals surface area contributed by atoms with Crippen LogP contribution < -0.4 is 10.2 Å². The molecule has 3 aliphatic carbocycles. The maximum Gasteiger partial charge on any atom is 0.407 e. The van der Waals surface area contributed by atoms with Gasteiger partial charge in [-0.2, -0.15) is 0 Å². The van der Waals surface area contributed by atoms with Crippen LogP contribution in [0.25, 0.3) is 0 Å². The molecule has 0 aliphatic heterocycles. The summed E-state index contributed by atoms with van der Waals surface area (Å²) >= 11 is 1.15. The summed E-state index contributed by atoms with van der Waals surface area (Å²) in [6.45, 7) is 8.28. The van der Waals surface area contributed by atoms with E-state index in [4.69, 9.17) is 4.74 Å². The maximum absolute atomic E-state index is 14.1. The van der Waals surface area contributed by atoms with Crippen molar-refractivity contribution in [2.45, 2.75) is 129 Å². The zero-order valence-electron chi connectivity index (χ0n) is 24.6. The third-order valence-electron chi connectivity index (χ3n) is 8.54. The van der Waals surface area contributed by atoms with E-state index in [1.54, 1.807) is 4.90 Å². The molecule has 0 bridgehead atoms. The van der Waals surface area contributed by atoms with Crippen molar-refractivity contribution in [2.24, 2.45) is 17.3 Å². The molecule has 3 fully saturated rings. The maximum atomic E-state index is 14.1. The summed E-state index contributed by atoms with van der Waals surface area (Å²) in [5.74, 6) is 5.88. The molecule has 0 saturated heterocycles. The Morgan fingerprint density at radius 2 is 1.62 bits per heavy atom. The van der Waals surface area contributed by atoms with Crippen LogP contribution in [0.3, 0.4) is 0 Å². The van der Waals surface area contributed by atoms with Crippen LogP contribution in [-0.4, -0.2) is 41.3 Å². The van der Waals surface area contributed by atoms with Crippen LogP contribution in [0.1, 0.15) is 126 Å². The number of thiophene rings is 1. The Kier molecular flexibility index (Phi) is 10.2. The summed E-state index contributed by atoms with van der Waals surface area (Å²) in [7, 11) is 0. The number of hydrogen-bond donors (Lipinski definition) is 2. The molecular formula is C32H46N2O5S. The number of alkyl carbamates (subject to hydrolysis) is 1. The van der Waals surface area contributed by atoms with Crippen LogP contribution in [-0.2, 0) is 9.53 Å². The molecular weight excluding hydrogens is 524 g/mol. The molecule has 0 atom stereocenters. The highest BCUT2D eigenvalue weighted by Gasteiger charge is 2.38. The van der Waals surface area contributed by atoms with Crippen LogP contribution in [0, 0.1) is 29.1 Å². The largest absolute Gasteiger partial charge is 0.477 e. The quantitative estimate of drug-likeness (QED) is 0.348. The summed E-state index contributed by atoms with van der Waals surface area (Å²) < 4.78 is 5.66. The Labute approximate surface area is 243 Å². The SMILES string of the molecule is CC(C)(C)C#Cc1cc(N(C(=O)[C@H]2CC[C@H](C)CC2)C2CCC(NC(=O)OC3CCCCC3)CC2)c(C(=O)O)s1. The number of ether oxygens (including phenoxy) is 1. The monoisotopic (exact) mass is 570 g/mol. The molecule has 1 aromatic rings. The molecule has 0 spiro atoms. The minimum absolute atomic E-state index is 0.00513. The molecule has 0 radical (unpaired) electrons. The van der Waals surface area contributed by atoms with Crippen molar-refractivity contribution in [3.63, 3.8) is 0 Å². The first-order chi connectivity index (χ1) is 19.0. The van der Waals surface area contributed by atoms with E-state index in [1.807, 2.05) is 26.8 Å². The van der Waals surface area contributed by atoms with Crippen LogP contribution in [0.4, 0.5) is 10.5 Å². The lowest BCUT2D eigenvalue weighted by Crippen LogP contribution is -2.49. The molecule has 1 heterocycles. The van der Waals surface area contributed by atoms with Crippen molar-refractivity contribution in [1.29, 1.82) is 0 Å². The van der Waals surface area contributed by atoms with Crippen LogP contribution >= 0.6 is 11.3 Å². The van der Waals surface area contributed by atoms with E-state index in [0.717, 1.165) is 75.5 Å². The highest BCUT2D eigenvalue weighted by atomic mass is 32.1. The molecule has 2 amide bonds. The van der Waals surface area contributed by atoms with Crippen molar-refractivity contribution in [3.8, 4) is 11.8 Å². The van der Waals surface area contributed by atoms with E-state index in [2.05, 4.69) is 24.1 Å². The smallest absolute Gasteiger partial charge is 0.407 e. The normalized spacial score (nSPS) is 25.8. The highest BCUT2D eigenvalue weighted by Crippen LogP contribution is 2.39. The summed E-state index contributed by atoms with van der Waals surface area (Å²) in [5.41, 5.74) is 0.262. The number of aromatic carboxylic acids is 1. The third-order valence-corrected chi connectivity index (χ3v) is 9.57. The van der Waals surface area contributed by atoms with Gasteiger partial charge < -0.3 is 20.1 Å². The molecule has 0 unspecified atom stereocenters. The van der Waals surface area contributed by atoms with Gasteiger partial charge in [-0.05, 0) is 110 Å². The van der Waals surface area contributed by atoms with Gasteiger partial charge in [-0.3, -0.25) is 4.79 Å². The molecule has 1 aromatic heterocycles. The Hall–Kier alpha value is -2.53. The fourth-order valence-corrected chi connectivity index (χ4v) is 7.08. The first-order valence-corrected chi connectivity index (χ1v) is 16.0. The van der Waals surface area contributed by atoms with Gasteiger partial charge in [-0.1, -0.05) is 25.2 Å². The van der Waals surface area contributed by atoms with E-state index in [0.29, 0.717) is 29.3 Å². The second-order valence-electron chi connectivity index (χ2n) is 13.1. The van der Waals surface area contributed by atoms with Gasteiger partial charge in [0, 0.05) is 23.4 Å². The number of carboxylic acids is 1. The Bertz CT molecular complexity index is 1100. The fraction of sp³-hybridized carbons (Fsp3) is 0.719. The van der Waals surface area contributed by atoms with Gasteiger partial charge in [-0.25, -0.2) is 9.59 Å². The summed E-state index contributed by atoms with van der Waals surface area (Å²) in [4.78, 5) is 41.6. The van der Waals surface area contributed by atoms with Gasteiger partial charge in [0.15, 0.2) is 0 Å². The lowest BCUT2D eigenvalue weighted by atomic mass is 9.81. The van der Waals surface area contributed by atoms with Crippen LogP contribution in [0.15, 0.2) is 6.07 Å². The zero-order chi connectivity index (χ0) is 28.9. The summed E-state index contributed by atoms with van der Waals surface area (Å²) in [6.07, 6.45) is 11.5. The third kappa shape index (κ3) is 8.25. The van der Waals surface area contributed by atoms with Gasteiger partial charge in [0.25, 0.3) is 0 Å². The molecule has 8 heteroatoms. The van der Waals surface area contributed by atoms with Crippen molar-refractivity contribution in [2.75, 3.05) is 4.90 Å². The van der Waals surface area contributed by atoms with Gasteiger partial charge in [0.05, 0.1) is 10.6 Å². The number of hydrogen-bond acceptors (Lipinski definition) is 5. The Balaban J connectivity index is 1.52.